The van der Waals surface area contributed by atoms with Crippen LogP contribution in [0.3, 0.4) is 0 Å². The fourth-order valence-corrected chi connectivity index (χ4v) is 1.57. The summed E-state index contributed by atoms with van der Waals surface area (Å²) in [6.07, 6.45) is 0. The van der Waals surface area contributed by atoms with E-state index in [4.69, 9.17) is 10.2 Å². The lowest BCUT2D eigenvalue weighted by Crippen LogP contribution is -2.22. The second-order valence-corrected chi connectivity index (χ2v) is 3.63. The first-order valence-corrected chi connectivity index (χ1v) is 5.11. The number of carboxylic acid groups (broad SMARTS) is 2. The topological polar surface area (TPSA) is 144 Å². The molecule has 0 aromatic heterocycles. The average Bonchev–Trinajstić information content (AvgIpc) is 2.36. The van der Waals surface area contributed by atoms with Gasteiger partial charge in [0.05, 0.1) is 23.2 Å². The van der Waals surface area contributed by atoms with Gasteiger partial charge in [0.25, 0.3) is 5.69 Å². The Morgan fingerprint density at radius 3 is 2.20 bits per heavy atom. The summed E-state index contributed by atoms with van der Waals surface area (Å²) < 4.78 is 4.39. The minimum Gasteiger partial charge on any atom is -0.480 e. The van der Waals surface area contributed by atoms with Gasteiger partial charge in [0, 0.05) is 6.07 Å². The van der Waals surface area contributed by atoms with Gasteiger partial charge in [-0.3, -0.25) is 19.7 Å². The predicted molar refractivity (Wildman–Crippen MR) is 62.4 cm³/mol. The number of nitrogens with zero attached hydrogens (tertiary/aromatic N) is 1. The fourth-order valence-electron chi connectivity index (χ4n) is 1.57. The predicted octanol–water partition coefficient (Wildman–Crippen LogP) is 0.634. The van der Waals surface area contributed by atoms with Gasteiger partial charge in [-0.15, -0.1) is 0 Å². The molecule has 0 spiro atoms. The van der Waals surface area contributed by atoms with Crippen LogP contribution < -0.4 is 0 Å². The van der Waals surface area contributed by atoms with Gasteiger partial charge < -0.3 is 14.9 Å². The van der Waals surface area contributed by atoms with Crippen molar-refractivity contribution in [3.8, 4) is 0 Å². The van der Waals surface area contributed by atoms with E-state index in [0.717, 1.165) is 25.3 Å². The molecule has 9 heteroatoms. The second kappa shape index (κ2) is 5.78. The number of rotatable bonds is 5. The largest absolute Gasteiger partial charge is 0.480 e. The van der Waals surface area contributed by atoms with Crippen LogP contribution in [0, 0.1) is 10.1 Å². The number of carbonyl (C=O) groups is 3. The second-order valence-electron chi connectivity index (χ2n) is 3.63. The molecule has 0 saturated carbocycles. The lowest BCUT2D eigenvalue weighted by molar-refractivity contribution is -0.385. The van der Waals surface area contributed by atoms with Crippen LogP contribution >= 0.6 is 0 Å². The van der Waals surface area contributed by atoms with Crippen molar-refractivity contribution < 1.29 is 34.3 Å². The van der Waals surface area contributed by atoms with Gasteiger partial charge >= 0.3 is 17.9 Å². The first-order chi connectivity index (χ1) is 9.29. The van der Waals surface area contributed by atoms with Crippen LogP contribution in [0.25, 0.3) is 0 Å². The normalized spacial score (nSPS) is 10.1. The lowest BCUT2D eigenvalue weighted by atomic mass is 9.95. The third-order valence-corrected chi connectivity index (χ3v) is 2.45. The van der Waals surface area contributed by atoms with Gasteiger partial charge in [0.15, 0.2) is 5.92 Å². The van der Waals surface area contributed by atoms with Crippen molar-refractivity contribution in [1.29, 1.82) is 0 Å². The lowest BCUT2D eigenvalue weighted by Gasteiger charge is -2.09. The Morgan fingerprint density at radius 1 is 1.25 bits per heavy atom. The Labute approximate surface area is 111 Å². The van der Waals surface area contributed by atoms with Crippen molar-refractivity contribution in [2.24, 2.45) is 0 Å². The van der Waals surface area contributed by atoms with Gasteiger partial charge in [0.2, 0.25) is 0 Å². The van der Waals surface area contributed by atoms with Gasteiger partial charge in [-0.25, -0.2) is 4.79 Å². The highest BCUT2D eigenvalue weighted by molar-refractivity contribution is 6.01. The van der Waals surface area contributed by atoms with Crippen LogP contribution in [0.15, 0.2) is 18.2 Å². The van der Waals surface area contributed by atoms with E-state index >= 15 is 0 Å². The van der Waals surface area contributed by atoms with Crippen LogP contribution in [0.4, 0.5) is 5.69 Å². The molecule has 0 fully saturated rings. The van der Waals surface area contributed by atoms with Gasteiger partial charge in [-0.2, -0.15) is 0 Å². The van der Waals surface area contributed by atoms with Crippen molar-refractivity contribution >= 4 is 23.6 Å². The number of esters is 1. The molecule has 2 N–H and O–H groups in total. The molecule has 106 valence electrons. The minimum atomic E-state index is -2.15. The molecule has 9 nitrogen and oxygen atoms in total. The number of hydrogen-bond donors (Lipinski definition) is 2. The minimum absolute atomic E-state index is 0.180. The summed E-state index contributed by atoms with van der Waals surface area (Å²) in [4.78, 5) is 43.1. The number of benzene rings is 1. The highest BCUT2D eigenvalue weighted by Crippen LogP contribution is 2.28. The molecule has 0 saturated heterocycles. The highest BCUT2D eigenvalue weighted by Gasteiger charge is 2.34. The number of carboxylic acids is 2. The number of methoxy groups -OCH3 is 1. The molecule has 1 rings (SSSR count). The molecule has 0 aliphatic rings. The Bertz CT molecular complexity index is 580. The summed E-state index contributed by atoms with van der Waals surface area (Å²) >= 11 is 0. The van der Waals surface area contributed by atoms with Crippen molar-refractivity contribution in [3.63, 3.8) is 0 Å². The SMILES string of the molecule is COC(=O)c1ccc([N+](=O)[O-])c(C(C(=O)O)C(=O)O)c1. The molecule has 0 heterocycles. The molecule has 0 radical (unpaired) electrons. The molecule has 1 aromatic carbocycles. The quantitative estimate of drug-likeness (QED) is 0.346. The van der Waals surface area contributed by atoms with Gasteiger partial charge in [-0.1, -0.05) is 0 Å². The van der Waals surface area contributed by atoms with E-state index in [1.165, 1.54) is 0 Å². The van der Waals surface area contributed by atoms with E-state index < -0.39 is 40.0 Å². The molecule has 0 aliphatic heterocycles. The number of aliphatic carboxylic acids is 2. The van der Waals surface area contributed by atoms with Crippen LogP contribution in [0.5, 0.6) is 0 Å². The van der Waals surface area contributed by atoms with Crippen LogP contribution in [-0.4, -0.2) is 40.2 Å². The van der Waals surface area contributed by atoms with Crippen molar-refractivity contribution in [3.05, 3.63) is 39.4 Å². The van der Waals surface area contributed by atoms with E-state index in [1.54, 1.807) is 0 Å². The molecular weight excluding hydrogens is 274 g/mol. The van der Waals surface area contributed by atoms with E-state index in [2.05, 4.69) is 4.74 Å². The Kier molecular flexibility index (Phi) is 4.36. The summed E-state index contributed by atoms with van der Waals surface area (Å²) in [5.74, 6) is -6.57. The Balaban J connectivity index is 3.53. The molecule has 1 aromatic rings. The Hall–Kier alpha value is -2.97. The smallest absolute Gasteiger partial charge is 0.337 e. The van der Waals surface area contributed by atoms with Crippen molar-refractivity contribution in [1.82, 2.24) is 0 Å². The first-order valence-electron chi connectivity index (χ1n) is 5.11. The fraction of sp³-hybridized carbons (Fsp3) is 0.182. The molecule has 0 amide bonds. The van der Waals surface area contributed by atoms with Crippen LogP contribution in [-0.2, 0) is 14.3 Å². The number of carbonyl (C=O) groups excluding carboxylic acids is 1. The third-order valence-electron chi connectivity index (χ3n) is 2.45. The number of nitro benzene ring substituents is 1. The summed E-state index contributed by atoms with van der Waals surface area (Å²) in [5.41, 5.74) is -1.48. The van der Waals surface area contributed by atoms with E-state index in [9.17, 15) is 24.5 Å². The van der Waals surface area contributed by atoms with Crippen LogP contribution in [0.2, 0.25) is 0 Å². The zero-order valence-corrected chi connectivity index (χ0v) is 10.1. The standard InChI is InChI=1S/C11H9NO8/c1-20-11(17)5-2-3-7(12(18)19)6(4-5)8(9(13)14)10(15)16/h2-4,8H,1H3,(H,13,14)(H,15,16). The molecule has 0 bridgehead atoms. The summed E-state index contributed by atoms with van der Waals surface area (Å²) in [7, 11) is 1.06. The van der Waals surface area contributed by atoms with E-state index in [1.807, 2.05) is 0 Å². The summed E-state index contributed by atoms with van der Waals surface area (Å²) in [6.45, 7) is 0. The molecule has 0 aliphatic carbocycles. The maximum atomic E-state index is 11.3. The molecule has 20 heavy (non-hydrogen) atoms. The maximum Gasteiger partial charge on any atom is 0.337 e. The van der Waals surface area contributed by atoms with Gasteiger partial charge in [0.1, 0.15) is 0 Å². The average molecular weight is 283 g/mol. The molecule has 0 unspecified atom stereocenters. The first kappa shape index (κ1) is 15.1. The number of ether oxygens (including phenoxy) is 1. The van der Waals surface area contributed by atoms with Crippen molar-refractivity contribution in [2.75, 3.05) is 7.11 Å². The summed E-state index contributed by atoms with van der Waals surface area (Å²) in [6, 6.07) is 2.74. The highest BCUT2D eigenvalue weighted by atomic mass is 16.6. The van der Waals surface area contributed by atoms with Crippen LogP contribution in [0.1, 0.15) is 21.8 Å². The molecular formula is C11H9NO8. The zero-order valence-electron chi connectivity index (χ0n) is 10.1. The van der Waals surface area contributed by atoms with Crippen molar-refractivity contribution in [2.45, 2.75) is 5.92 Å². The maximum absolute atomic E-state index is 11.3. The number of nitro groups is 1. The van der Waals surface area contributed by atoms with E-state index in [-0.39, 0.29) is 5.56 Å². The zero-order chi connectivity index (χ0) is 15.4. The molecule has 0 atom stereocenters. The Morgan fingerprint density at radius 2 is 1.80 bits per heavy atom. The monoisotopic (exact) mass is 283 g/mol. The summed E-state index contributed by atoms with van der Waals surface area (Å²) in [5, 5.41) is 28.6. The number of hydrogen-bond acceptors (Lipinski definition) is 6. The van der Waals surface area contributed by atoms with E-state index in [0.29, 0.717) is 0 Å². The third kappa shape index (κ3) is 2.88. The van der Waals surface area contributed by atoms with Gasteiger partial charge in [-0.05, 0) is 12.1 Å².